The molecule has 14 heteroatoms. The van der Waals surface area contributed by atoms with E-state index in [2.05, 4.69) is 10.3 Å². The molecule has 2 unspecified atom stereocenters. The Hall–Kier alpha value is -3.58. The fourth-order valence-corrected chi connectivity index (χ4v) is 5.12. The molecule has 2 atom stereocenters. The van der Waals surface area contributed by atoms with Gasteiger partial charge in [-0.05, 0) is 63.8 Å². The van der Waals surface area contributed by atoms with Crippen molar-refractivity contribution in [2.75, 3.05) is 11.4 Å². The number of alkyl halides is 6. The topological polar surface area (TPSA) is 83.6 Å². The van der Waals surface area contributed by atoms with Crippen molar-refractivity contribution in [3.63, 3.8) is 0 Å². The minimum atomic E-state index is -4.80. The minimum absolute atomic E-state index is 0.0169. The number of hydrogen-bond donors (Lipinski definition) is 2. The van der Waals surface area contributed by atoms with Gasteiger partial charge in [0.25, 0.3) is 11.8 Å². The van der Waals surface area contributed by atoms with Crippen molar-refractivity contribution in [3.05, 3.63) is 53.5 Å². The second-order valence-electron chi connectivity index (χ2n) is 10.4. The van der Waals surface area contributed by atoms with Gasteiger partial charge in [-0.2, -0.15) is 26.3 Å². The quantitative estimate of drug-likeness (QED) is 0.454. The summed E-state index contributed by atoms with van der Waals surface area (Å²) in [6, 6.07) is 4.37. The Balaban J connectivity index is 1.38. The van der Waals surface area contributed by atoms with E-state index in [4.69, 9.17) is 4.74 Å². The van der Waals surface area contributed by atoms with Gasteiger partial charge < -0.3 is 20.3 Å². The molecule has 3 heterocycles. The zero-order valence-corrected chi connectivity index (χ0v) is 21.5. The second kappa shape index (κ2) is 10.8. The molecule has 0 saturated carbocycles. The number of halogens is 7. The molecule has 0 aliphatic carbocycles. The molecular formula is C26H27F7N4O3. The zero-order valence-electron chi connectivity index (χ0n) is 21.5. The van der Waals surface area contributed by atoms with Crippen LogP contribution in [-0.4, -0.2) is 53.2 Å². The van der Waals surface area contributed by atoms with Crippen LogP contribution in [0.1, 0.15) is 55.5 Å². The highest BCUT2D eigenvalue weighted by Crippen LogP contribution is 2.40. The average molecular weight is 577 g/mol. The molecule has 2 N–H and O–H groups in total. The standard InChI is InChI=1S/C26H27F7N4O3/c1-24(2,40-20-9-15(27)4-7-19(20)26(31,32)33)23(39)36-16-10-17-5-6-18(11-16)37(17)21-8-3-14(12-34-21)22(38)35-13-25(28,29)30/h3-4,7-9,12,16-18H,5-6,10-11,13H2,1-2H3,(H,35,38)(H,36,39). The normalized spacial score (nSPS) is 21.2. The molecule has 0 radical (unpaired) electrons. The molecule has 4 rings (SSSR count). The van der Waals surface area contributed by atoms with Crippen molar-refractivity contribution < 1.29 is 45.1 Å². The maximum absolute atomic E-state index is 13.7. The van der Waals surface area contributed by atoms with Crippen molar-refractivity contribution in [1.82, 2.24) is 15.6 Å². The van der Waals surface area contributed by atoms with Crippen molar-refractivity contribution >= 4 is 17.6 Å². The number of nitrogens with zero attached hydrogens (tertiary/aromatic N) is 2. The van der Waals surface area contributed by atoms with Crippen LogP contribution in [0, 0.1) is 5.82 Å². The van der Waals surface area contributed by atoms with Crippen molar-refractivity contribution in [3.8, 4) is 5.75 Å². The first-order chi connectivity index (χ1) is 18.5. The third kappa shape index (κ3) is 6.76. The summed E-state index contributed by atoms with van der Waals surface area (Å²) in [5, 5.41) is 4.63. The summed E-state index contributed by atoms with van der Waals surface area (Å²) >= 11 is 0. The predicted molar refractivity (Wildman–Crippen MR) is 129 cm³/mol. The van der Waals surface area contributed by atoms with E-state index in [-0.39, 0.29) is 23.7 Å². The number of benzene rings is 1. The van der Waals surface area contributed by atoms with Crippen molar-refractivity contribution in [1.29, 1.82) is 0 Å². The van der Waals surface area contributed by atoms with Crippen LogP contribution in [0.25, 0.3) is 0 Å². The molecule has 2 bridgehead atoms. The van der Waals surface area contributed by atoms with E-state index < -0.39 is 53.4 Å². The number of aromatic nitrogens is 1. The molecule has 2 aliphatic heterocycles. The molecular weight excluding hydrogens is 549 g/mol. The van der Waals surface area contributed by atoms with E-state index in [1.54, 1.807) is 11.4 Å². The maximum Gasteiger partial charge on any atom is 0.419 e. The van der Waals surface area contributed by atoms with Gasteiger partial charge in [0.1, 0.15) is 23.9 Å². The number of pyridine rings is 1. The van der Waals surface area contributed by atoms with Gasteiger partial charge in [0.05, 0.1) is 11.1 Å². The predicted octanol–water partition coefficient (Wildman–Crippen LogP) is 5.01. The number of anilines is 1. The van der Waals surface area contributed by atoms with Crippen LogP contribution in [0.5, 0.6) is 5.75 Å². The van der Waals surface area contributed by atoms with Crippen LogP contribution in [0.15, 0.2) is 36.5 Å². The maximum atomic E-state index is 13.7. The van der Waals surface area contributed by atoms with Gasteiger partial charge in [0.2, 0.25) is 0 Å². The van der Waals surface area contributed by atoms with Crippen LogP contribution in [0.4, 0.5) is 36.6 Å². The minimum Gasteiger partial charge on any atom is -0.477 e. The summed E-state index contributed by atoms with van der Waals surface area (Å²) in [5.41, 5.74) is -2.96. The monoisotopic (exact) mass is 576 g/mol. The number of carbonyl (C=O) groups is 2. The summed E-state index contributed by atoms with van der Waals surface area (Å²) in [4.78, 5) is 31.3. The number of ether oxygens (including phenoxy) is 1. The van der Waals surface area contributed by atoms with Gasteiger partial charge in [0.15, 0.2) is 5.60 Å². The lowest BCUT2D eigenvalue weighted by molar-refractivity contribution is -0.143. The lowest BCUT2D eigenvalue weighted by Gasteiger charge is -2.41. The molecule has 2 aliphatic rings. The molecule has 2 amide bonds. The molecule has 7 nitrogen and oxygen atoms in total. The summed E-state index contributed by atoms with van der Waals surface area (Å²) in [6.07, 6.45) is -5.57. The van der Waals surface area contributed by atoms with Gasteiger partial charge in [-0.25, -0.2) is 9.37 Å². The third-order valence-corrected chi connectivity index (χ3v) is 6.95. The van der Waals surface area contributed by atoms with Crippen LogP contribution in [-0.2, 0) is 11.0 Å². The highest BCUT2D eigenvalue weighted by Gasteiger charge is 2.44. The van der Waals surface area contributed by atoms with E-state index in [0.29, 0.717) is 36.9 Å². The van der Waals surface area contributed by atoms with Crippen LogP contribution >= 0.6 is 0 Å². The Bertz CT molecular complexity index is 1230. The summed E-state index contributed by atoms with van der Waals surface area (Å²) < 4.78 is 96.2. The SMILES string of the molecule is CC(C)(Oc1cc(F)ccc1C(F)(F)F)C(=O)NC1CC2CCC(C1)N2c1ccc(C(=O)NCC(F)(F)F)cn1. The Morgan fingerprint density at radius 3 is 2.23 bits per heavy atom. The van der Waals surface area contributed by atoms with Crippen LogP contribution in [0.2, 0.25) is 0 Å². The fourth-order valence-electron chi connectivity index (χ4n) is 5.12. The van der Waals surface area contributed by atoms with Gasteiger partial charge in [-0.15, -0.1) is 0 Å². The Kier molecular flexibility index (Phi) is 7.92. The fraction of sp³-hybridized carbons (Fsp3) is 0.500. The molecule has 1 aromatic heterocycles. The van der Waals surface area contributed by atoms with Gasteiger partial charge in [0, 0.05) is 30.4 Å². The first kappa shape index (κ1) is 29.4. The lowest BCUT2D eigenvalue weighted by atomic mass is 9.96. The molecule has 2 aromatic rings. The lowest BCUT2D eigenvalue weighted by Crippen LogP contribution is -2.55. The van der Waals surface area contributed by atoms with E-state index in [9.17, 15) is 40.3 Å². The van der Waals surface area contributed by atoms with Gasteiger partial charge in [-0.1, -0.05) is 0 Å². The van der Waals surface area contributed by atoms with Gasteiger partial charge in [-0.3, -0.25) is 9.59 Å². The Labute approximate surface area is 225 Å². The van der Waals surface area contributed by atoms with E-state index in [1.165, 1.54) is 26.1 Å². The number of fused-ring (bicyclic) bond motifs is 2. The Morgan fingerprint density at radius 1 is 1.02 bits per heavy atom. The number of nitrogens with one attached hydrogen (secondary N) is 2. The number of carbonyl (C=O) groups excluding carboxylic acids is 2. The van der Waals surface area contributed by atoms with Crippen molar-refractivity contribution in [2.24, 2.45) is 0 Å². The van der Waals surface area contributed by atoms with Crippen LogP contribution in [0.3, 0.4) is 0 Å². The number of amides is 2. The molecule has 218 valence electrons. The van der Waals surface area contributed by atoms with E-state index in [0.717, 1.165) is 12.8 Å². The van der Waals surface area contributed by atoms with Crippen molar-refractivity contribution in [2.45, 2.75) is 75.6 Å². The Morgan fingerprint density at radius 2 is 1.68 bits per heavy atom. The molecule has 1 aromatic carbocycles. The molecule has 0 spiro atoms. The third-order valence-electron chi connectivity index (χ3n) is 6.95. The summed E-state index contributed by atoms with van der Waals surface area (Å²) in [6.45, 7) is 1.14. The second-order valence-corrected chi connectivity index (χ2v) is 10.4. The summed E-state index contributed by atoms with van der Waals surface area (Å²) in [5.74, 6) is -2.74. The first-order valence-corrected chi connectivity index (χ1v) is 12.5. The molecule has 2 saturated heterocycles. The zero-order chi connectivity index (χ0) is 29.5. The molecule has 2 fully saturated rings. The first-order valence-electron chi connectivity index (χ1n) is 12.5. The van der Waals surface area contributed by atoms with Crippen LogP contribution < -0.4 is 20.3 Å². The van der Waals surface area contributed by atoms with E-state index >= 15 is 0 Å². The number of rotatable bonds is 7. The van der Waals surface area contributed by atoms with Gasteiger partial charge >= 0.3 is 12.4 Å². The average Bonchev–Trinajstić information content (AvgIpc) is 3.11. The molecule has 40 heavy (non-hydrogen) atoms. The van der Waals surface area contributed by atoms with E-state index in [1.807, 2.05) is 4.90 Å². The highest BCUT2D eigenvalue weighted by atomic mass is 19.4. The largest absolute Gasteiger partial charge is 0.477 e. The number of piperidine rings is 1. The smallest absolute Gasteiger partial charge is 0.419 e. The number of hydrogen-bond acceptors (Lipinski definition) is 5. The summed E-state index contributed by atoms with van der Waals surface area (Å²) in [7, 11) is 0. The highest BCUT2D eigenvalue weighted by molar-refractivity contribution is 5.94.